The zero-order valence-corrected chi connectivity index (χ0v) is 21.2. The summed E-state index contributed by atoms with van der Waals surface area (Å²) in [5, 5.41) is 2.29. The van der Waals surface area contributed by atoms with Gasteiger partial charge in [0.1, 0.15) is 17.5 Å². The van der Waals surface area contributed by atoms with Crippen LogP contribution in [0.1, 0.15) is 0 Å². The first-order valence-electron chi connectivity index (χ1n) is 11.2. The Balaban J connectivity index is 1.50. The van der Waals surface area contributed by atoms with E-state index in [1.807, 2.05) is 12.1 Å². The Hall–Kier alpha value is -3.19. The molecule has 6 aromatic rings. The second-order valence-electron chi connectivity index (χ2n) is 8.19. The molecule has 1 heterocycles. The van der Waals surface area contributed by atoms with Crippen LogP contribution in [0.25, 0.3) is 25.1 Å². The maximum atomic E-state index is 13.7. The molecule has 0 saturated carbocycles. The van der Waals surface area contributed by atoms with Crippen molar-refractivity contribution in [1.82, 2.24) is 0 Å². The number of hydrogen-bond acceptors (Lipinski definition) is 2. The zero-order chi connectivity index (χ0) is 24.6. The molecule has 0 spiro atoms. The van der Waals surface area contributed by atoms with Gasteiger partial charge in [-0.25, -0.2) is 13.2 Å². The van der Waals surface area contributed by atoms with E-state index < -0.39 is 0 Å². The number of benzene rings is 5. The van der Waals surface area contributed by atoms with Crippen molar-refractivity contribution >= 4 is 54.2 Å². The van der Waals surface area contributed by atoms with Crippen molar-refractivity contribution in [2.75, 3.05) is 0 Å². The van der Waals surface area contributed by atoms with Crippen molar-refractivity contribution < 1.29 is 13.2 Å². The highest BCUT2D eigenvalue weighted by Crippen LogP contribution is 2.50. The van der Waals surface area contributed by atoms with Gasteiger partial charge in [0.05, 0.1) is 0 Å². The summed E-state index contributed by atoms with van der Waals surface area (Å²) >= 11 is 3.18. The van der Waals surface area contributed by atoms with Crippen LogP contribution in [0.15, 0.2) is 129 Å². The van der Waals surface area contributed by atoms with Crippen LogP contribution in [0.4, 0.5) is 13.2 Å². The van der Waals surface area contributed by atoms with Gasteiger partial charge >= 0.3 is 0 Å². The summed E-state index contributed by atoms with van der Waals surface area (Å²) < 4.78 is 42.8. The van der Waals surface area contributed by atoms with Crippen LogP contribution in [0.2, 0.25) is 0 Å². The third kappa shape index (κ3) is 4.64. The van der Waals surface area contributed by atoms with Crippen molar-refractivity contribution in [2.45, 2.75) is 19.6 Å². The Labute approximate surface area is 217 Å². The summed E-state index contributed by atoms with van der Waals surface area (Å²) in [4.78, 5) is 5.12. The highest BCUT2D eigenvalue weighted by atomic mass is 32.2. The lowest BCUT2D eigenvalue weighted by atomic mass is 10.1. The minimum Gasteiger partial charge on any atom is -0.207 e. The molecule has 0 atom stereocenters. The van der Waals surface area contributed by atoms with Gasteiger partial charge < -0.3 is 0 Å². The molecule has 0 N–H and O–H groups in total. The summed E-state index contributed by atoms with van der Waals surface area (Å²) in [5.74, 6) is -0.757. The molecule has 176 valence electrons. The maximum absolute atomic E-state index is 13.7. The minimum atomic E-state index is -0.349. The van der Waals surface area contributed by atoms with E-state index in [9.17, 15) is 13.2 Å². The van der Waals surface area contributed by atoms with Crippen molar-refractivity contribution in [2.24, 2.45) is 0 Å². The van der Waals surface area contributed by atoms with Gasteiger partial charge in [0.15, 0.2) is 14.3 Å². The van der Waals surface area contributed by atoms with Gasteiger partial charge in [0.2, 0.25) is 0 Å². The Morgan fingerprint density at radius 2 is 0.778 bits per heavy atom. The van der Waals surface area contributed by atoms with E-state index in [1.54, 1.807) is 47.8 Å². The molecule has 1 aromatic heterocycles. The van der Waals surface area contributed by atoms with Crippen LogP contribution in [-0.4, -0.2) is 0 Å². The molecule has 0 nitrogen and oxygen atoms in total. The van der Waals surface area contributed by atoms with Crippen LogP contribution in [0.3, 0.4) is 0 Å². The third-order valence-corrected chi connectivity index (χ3v) is 10.1. The highest BCUT2D eigenvalue weighted by Gasteiger charge is 2.24. The molecule has 0 saturated heterocycles. The van der Waals surface area contributed by atoms with E-state index >= 15 is 0 Å². The van der Waals surface area contributed by atoms with E-state index in [2.05, 4.69) is 36.4 Å². The van der Waals surface area contributed by atoms with E-state index in [-0.39, 0.29) is 27.9 Å². The Morgan fingerprint density at radius 3 is 1.19 bits per heavy atom. The average molecular weight is 532 g/mol. The summed E-state index contributed by atoms with van der Waals surface area (Å²) in [6, 6.07) is 32.6. The summed E-state index contributed by atoms with van der Waals surface area (Å²) in [6.45, 7) is 0. The lowest BCUT2D eigenvalue weighted by molar-refractivity contribution is 0.626. The molecular weight excluding hydrogens is 514 g/mol. The molecular formula is C30H18F3S3+. The molecule has 0 aliphatic heterocycles. The van der Waals surface area contributed by atoms with Crippen molar-refractivity contribution in [3.8, 4) is 4.90 Å². The molecule has 0 radical (unpaired) electrons. The first kappa shape index (κ1) is 23.2. The highest BCUT2D eigenvalue weighted by molar-refractivity contribution is 7.99. The summed E-state index contributed by atoms with van der Waals surface area (Å²) in [5.41, 5.74) is 0. The standard InChI is InChI=1S/C30H18F3S3/c31-19-1-7-22(8-2-19)34-24-11-15-29-27(17-24)28-18-25(35-23-9-3-20(32)4-10-23)12-16-30(28)36(29)26-13-5-21(33)6-14-26/h1-18H/q+1. The molecule has 0 aliphatic rings. The van der Waals surface area contributed by atoms with Gasteiger partial charge in [0, 0.05) is 65.1 Å². The van der Waals surface area contributed by atoms with E-state index in [0.29, 0.717) is 0 Å². The van der Waals surface area contributed by atoms with Gasteiger partial charge in [-0.05, 0) is 84.9 Å². The Morgan fingerprint density at radius 1 is 0.417 bits per heavy atom. The third-order valence-electron chi connectivity index (χ3n) is 5.78. The molecule has 0 aliphatic carbocycles. The van der Waals surface area contributed by atoms with E-state index in [0.717, 1.165) is 35.2 Å². The average Bonchev–Trinajstić information content (AvgIpc) is 3.20. The molecule has 0 bridgehead atoms. The lowest BCUT2D eigenvalue weighted by Gasteiger charge is -2.02. The Kier molecular flexibility index (Phi) is 6.25. The first-order valence-corrected chi connectivity index (χ1v) is 14.0. The van der Waals surface area contributed by atoms with Crippen LogP contribution >= 0.6 is 34.0 Å². The fourth-order valence-corrected chi connectivity index (χ4v) is 8.20. The number of thiophene rings is 1. The first-order chi connectivity index (χ1) is 17.5. The number of hydrogen-bond donors (Lipinski definition) is 0. The second-order valence-corrected chi connectivity index (χ2v) is 12.4. The molecule has 6 rings (SSSR count). The van der Waals surface area contributed by atoms with Gasteiger partial charge in [-0.3, -0.25) is 0 Å². The van der Waals surface area contributed by atoms with Gasteiger partial charge in [-0.2, -0.15) is 0 Å². The predicted molar refractivity (Wildman–Crippen MR) is 146 cm³/mol. The summed E-state index contributed by atoms with van der Waals surface area (Å²) in [6.07, 6.45) is 0. The molecule has 5 aromatic carbocycles. The maximum Gasteiger partial charge on any atom is 0.187 e. The van der Waals surface area contributed by atoms with Crippen LogP contribution in [0, 0.1) is 17.5 Å². The largest absolute Gasteiger partial charge is 0.207 e. The quantitative estimate of drug-likeness (QED) is 0.203. The smallest absolute Gasteiger partial charge is 0.187 e. The number of halogens is 3. The van der Waals surface area contributed by atoms with Gasteiger partial charge in [0.25, 0.3) is 0 Å². The molecule has 6 heteroatoms. The van der Waals surface area contributed by atoms with E-state index in [1.165, 1.54) is 45.8 Å². The lowest BCUT2D eigenvalue weighted by Crippen LogP contribution is -1.77. The van der Waals surface area contributed by atoms with E-state index in [4.69, 9.17) is 0 Å². The van der Waals surface area contributed by atoms with Crippen LogP contribution < -0.4 is 0 Å². The van der Waals surface area contributed by atoms with Crippen LogP contribution in [0.5, 0.6) is 0 Å². The molecule has 0 fully saturated rings. The second kappa shape index (κ2) is 9.69. The van der Waals surface area contributed by atoms with Crippen LogP contribution in [-0.2, 0) is 0 Å². The van der Waals surface area contributed by atoms with Gasteiger partial charge in [-0.15, -0.1) is 0 Å². The SMILES string of the molecule is Fc1ccc(Sc2ccc3c(c2)c2cc(Sc4ccc(F)cc4)ccc2[s+]3-c2ccc(F)cc2)cc1. The zero-order valence-electron chi connectivity index (χ0n) is 18.8. The normalized spacial score (nSPS) is 11.4. The fourth-order valence-electron chi connectivity index (χ4n) is 4.14. The monoisotopic (exact) mass is 531 g/mol. The van der Waals surface area contributed by atoms with Crippen molar-refractivity contribution in [1.29, 1.82) is 0 Å². The Bertz CT molecular complexity index is 1580. The molecule has 0 amide bonds. The van der Waals surface area contributed by atoms with Crippen molar-refractivity contribution in [3.63, 3.8) is 0 Å². The topological polar surface area (TPSA) is 0 Å². The van der Waals surface area contributed by atoms with Gasteiger partial charge in [-0.1, -0.05) is 23.5 Å². The molecule has 0 unspecified atom stereocenters. The number of fused-ring (bicyclic) bond motifs is 3. The number of rotatable bonds is 5. The summed E-state index contributed by atoms with van der Waals surface area (Å²) in [7, 11) is -0.349. The minimum absolute atomic E-state index is 0.251. The predicted octanol–water partition coefficient (Wildman–Crippen LogP) is 10.5. The van der Waals surface area contributed by atoms with Crippen molar-refractivity contribution in [3.05, 3.63) is 127 Å². The molecule has 36 heavy (non-hydrogen) atoms. The fraction of sp³-hybridized carbons (Fsp3) is 0.